The lowest BCUT2D eigenvalue weighted by atomic mass is 10.1. The molecule has 0 radical (unpaired) electrons. The summed E-state index contributed by atoms with van der Waals surface area (Å²) in [6.45, 7) is 5.47. The first-order valence-corrected chi connectivity index (χ1v) is 8.19. The molecule has 1 aromatic carbocycles. The van der Waals surface area contributed by atoms with Gasteiger partial charge in [-0.2, -0.15) is 14.6 Å². The number of rotatable bonds is 3. The second-order valence-corrected chi connectivity index (χ2v) is 6.11. The van der Waals surface area contributed by atoms with Crippen LogP contribution >= 0.6 is 0 Å². The molecule has 0 bridgehead atoms. The lowest BCUT2D eigenvalue weighted by Crippen LogP contribution is -2.47. The minimum Gasteiger partial charge on any atom is -0.368 e. The van der Waals surface area contributed by atoms with E-state index in [9.17, 15) is 4.79 Å². The van der Waals surface area contributed by atoms with Gasteiger partial charge in [0.25, 0.3) is 5.78 Å². The second-order valence-electron chi connectivity index (χ2n) is 6.11. The Morgan fingerprint density at radius 1 is 1.08 bits per heavy atom. The molecule has 1 amide bonds. The first-order valence-electron chi connectivity index (χ1n) is 8.19. The van der Waals surface area contributed by atoms with Gasteiger partial charge in [0.1, 0.15) is 12.1 Å². The smallest absolute Gasteiger partial charge is 0.254 e. The van der Waals surface area contributed by atoms with Crippen LogP contribution in [0.2, 0.25) is 0 Å². The Hall–Kier alpha value is -3.16. The summed E-state index contributed by atoms with van der Waals surface area (Å²) in [5.74, 6) is 1.24. The molecule has 8 nitrogen and oxygen atoms in total. The zero-order valence-electron chi connectivity index (χ0n) is 14.0. The van der Waals surface area contributed by atoms with Gasteiger partial charge in [0.15, 0.2) is 0 Å². The molecule has 0 unspecified atom stereocenters. The van der Waals surface area contributed by atoms with Crippen LogP contribution in [0.4, 0.5) is 11.5 Å². The van der Waals surface area contributed by atoms with Crippen molar-refractivity contribution < 1.29 is 4.79 Å². The molecule has 1 aliphatic heterocycles. The average molecular weight is 337 g/mol. The van der Waals surface area contributed by atoms with E-state index in [1.165, 1.54) is 6.33 Å². The van der Waals surface area contributed by atoms with Crippen LogP contribution < -0.4 is 15.5 Å². The van der Waals surface area contributed by atoms with Crippen molar-refractivity contribution >= 4 is 23.2 Å². The Labute approximate surface area is 144 Å². The van der Waals surface area contributed by atoms with Crippen molar-refractivity contribution in [3.05, 3.63) is 47.9 Å². The monoisotopic (exact) mass is 337 g/mol. The van der Waals surface area contributed by atoms with Crippen molar-refractivity contribution in [3.8, 4) is 0 Å². The van der Waals surface area contributed by atoms with Gasteiger partial charge in [-0.25, -0.2) is 4.98 Å². The average Bonchev–Trinajstić information content (AvgIpc) is 3.09. The van der Waals surface area contributed by atoms with E-state index >= 15 is 0 Å². The van der Waals surface area contributed by atoms with Crippen LogP contribution in [0.25, 0.3) is 5.78 Å². The zero-order valence-corrected chi connectivity index (χ0v) is 14.0. The maximum atomic E-state index is 11.2. The van der Waals surface area contributed by atoms with Crippen molar-refractivity contribution in [2.24, 2.45) is 5.73 Å². The zero-order chi connectivity index (χ0) is 17.4. The number of fused-ring (bicyclic) bond motifs is 1. The van der Waals surface area contributed by atoms with E-state index in [1.54, 1.807) is 16.6 Å². The molecule has 2 N–H and O–H groups in total. The number of amides is 1. The molecule has 0 saturated carbocycles. The minimum atomic E-state index is -0.402. The second kappa shape index (κ2) is 6.04. The molecule has 0 aliphatic carbocycles. The third kappa shape index (κ3) is 2.86. The highest BCUT2D eigenvalue weighted by Gasteiger charge is 2.20. The summed E-state index contributed by atoms with van der Waals surface area (Å²) in [7, 11) is 0. The molecule has 8 heteroatoms. The van der Waals surface area contributed by atoms with Gasteiger partial charge < -0.3 is 15.5 Å². The van der Waals surface area contributed by atoms with Crippen LogP contribution in [-0.4, -0.2) is 51.7 Å². The molecule has 3 heterocycles. The summed E-state index contributed by atoms with van der Waals surface area (Å²) in [5.41, 5.74) is 7.86. The number of carbonyl (C=O) groups excluding carboxylic acids is 1. The first-order chi connectivity index (χ1) is 12.1. The number of hydrogen-bond acceptors (Lipinski definition) is 6. The van der Waals surface area contributed by atoms with Gasteiger partial charge in [-0.15, -0.1) is 0 Å². The number of piperazine rings is 1. The first kappa shape index (κ1) is 15.4. The summed E-state index contributed by atoms with van der Waals surface area (Å²) >= 11 is 0. The number of anilines is 2. The number of aryl methyl sites for hydroxylation is 1. The molecule has 25 heavy (non-hydrogen) atoms. The van der Waals surface area contributed by atoms with Crippen molar-refractivity contribution in [2.75, 3.05) is 36.0 Å². The molecular weight excluding hydrogens is 318 g/mol. The number of primary amides is 1. The number of aromatic nitrogens is 4. The van der Waals surface area contributed by atoms with Gasteiger partial charge in [0.2, 0.25) is 5.91 Å². The van der Waals surface area contributed by atoms with Gasteiger partial charge in [0, 0.05) is 49.2 Å². The quantitative estimate of drug-likeness (QED) is 0.762. The summed E-state index contributed by atoms with van der Waals surface area (Å²) < 4.78 is 1.78. The summed E-state index contributed by atoms with van der Waals surface area (Å²) in [6, 6.07) is 9.48. The third-order valence-corrected chi connectivity index (χ3v) is 4.48. The van der Waals surface area contributed by atoms with E-state index in [-0.39, 0.29) is 0 Å². The van der Waals surface area contributed by atoms with E-state index < -0.39 is 5.91 Å². The van der Waals surface area contributed by atoms with Crippen molar-refractivity contribution in [1.29, 1.82) is 0 Å². The molecule has 4 rings (SSSR count). The predicted molar refractivity (Wildman–Crippen MR) is 94.9 cm³/mol. The van der Waals surface area contributed by atoms with Gasteiger partial charge in [-0.3, -0.25) is 4.79 Å². The van der Waals surface area contributed by atoms with Gasteiger partial charge >= 0.3 is 0 Å². The summed E-state index contributed by atoms with van der Waals surface area (Å²) in [6.07, 6.45) is 1.53. The minimum absolute atomic E-state index is 0.402. The SMILES string of the molecule is Cc1cc(N2CCN(c3ccc(C(N)=O)cc3)CC2)n2ncnc2n1. The highest BCUT2D eigenvalue weighted by atomic mass is 16.1. The molecule has 0 spiro atoms. The maximum Gasteiger partial charge on any atom is 0.254 e. The Kier molecular flexibility index (Phi) is 3.72. The standard InChI is InChI=1S/C17H19N7O/c1-12-10-15(24-17(21-12)19-11-20-24)23-8-6-22(7-9-23)14-4-2-13(3-5-14)16(18)25/h2-5,10-11H,6-9H2,1H3,(H2,18,25). The molecule has 1 aliphatic rings. The Morgan fingerprint density at radius 2 is 1.76 bits per heavy atom. The van der Waals surface area contributed by atoms with Crippen LogP contribution in [0.15, 0.2) is 36.7 Å². The van der Waals surface area contributed by atoms with Crippen LogP contribution in [0.1, 0.15) is 16.1 Å². The maximum absolute atomic E-state index is 11.2. The number of nitrogens with zero attached hydrogens (tertiary/aromatic N) is 6. The van der Waals surface area contributed by atoms with E-state index in [2.05, 4.69) is 24.9 Å². The van der Waals surface area contributed by atoms with Crippen molar-refractivity contribution in [3.63, 3.8) is 0 Å². The van der Waals surface area contributed by atoms with Gasteiger partial charge in [-0.1, -0.05) is 0 Å². The molecule has 128 valence electrons. The molecule has 1 fully saturated rings. The van der Waals surface area contributed by atoms with Crippen LogP contribution in [0.5, 0.6) is 0 Å². The fourth-order valence-electron chi connectivity index (χ4n) is 3.17. The van der Waals surface area contributed by atoms with E-state index in [4.69, 9.17) is 5.73 Å². The van der Waals surface area contributed by atoms with Crippen LogP contribution in [0, 0.1) is 6.92 Å². The molecule has 1 saturated heterocycles. The largest absolute Gasteiger partial charge is 0.368 e. The lowest BCUT2D eigenvalue weighted by molar-refractivity contribution is 0.100. The summed E-state index contributed by atoms with van der Waals surface area (Å²) in [5, 5.41) is 4.28. The Morgan fingerprint density at radius 3 is 2.44 bits per heavy atom. The topological polar surface area (TPSA) is 92.7 Å². The lowest BCUT2D eigenvalue weighted by Gasteiger charge is -2.37. The number of nitrogens with two attached hydrogens (primary N) is 1. The van der Waals surface area contributed by atoms with Crippen LogP contribution in [0.3, 0.4) is 0 Å². The molecule has 3 aromatic rings. The fourth-order valence-corrected chi connectivity index (χ4v) is 3.17. The van der Waals surface area contributed by atoms with Gasteiger partial charge in [-0.05, 0) is 31.2 Å². The molecule has 2 aromatic heterocycles. The molecular formula is C17H19N7O. The third-order valence-electron chi connectivity index (χ3n) is 4.48. The van der Waals surface area contributed by atoms with Crippen molar-refractivity contribution in [1.82, 2.24) is 19.6 Å². The number of benzene rings is 1. The summed E-state index contributed by atoms with van der Waals surface area (Å²) in [4.78, 5) is 24.4. The van der Waals surface area contributed by atoms with E-state index in [0.717, 1.165) is 43.4 Å². The van der Waals surface area contributed by atoms with Gasteiger partial charge in [0.05, 0.1) is 0 Å². The highest BCUT2D eigenvalue weighted by molar-refractivity contribution is 5.93. The number of carbonyl (C=O) groups is 1. The Bertz CT molecular complexity index is 910. The van der Waals surface area contributed by atoms with Crippen LogP contribution in [-0.2, 0) is 0 Å². The predicted octanol–water partition coefficient (Wildman–Crippen LogP) is 0.858. The van der Waals surface area contributed by atoms with E-state index in [0.29, 0.717) is 11.3 Å². The Balaban J connectivity index is 1.51. The molecule has 0 atom stereocenters. The number of hydrogen-bond donors (Lipinski definition) is 1. The van der Waals surface area contributed by atoms with Crippen molar-refractivity contribution in [2.45, 2.75) is 6.92 Å². The fraction of sp³-hybridized carbons (Fsp3) is 0.294. The highest BCUT2D eigenvalue weighted by Crippen LogP contribution is 2.21. The normalized spacial score (nSPS) is 14.9. The van der Waals surface area contributed by atoms with E-state index in [1.807, 2.05) is 25.1 Å².